The highest BCUT2D eigenvalue weighted by Gasteiger charge is 2.21. The van der Waals surface area contributed by atoms with Gasteiger partial charge in [-0.3, -0.25) is 9.78 Å². The van der Waals surface area contributed by atoms with E-state index in [1.807, 2.05) is 32.2 Å². The van der Waals surface area contributed by atoms with Crippen molar-refractivity contribution in [3.63, 3.8) is 0 Å². The van der Waals surface area contributed by atoms with E-state index in [4.69, 9.17) is 0 Å². The van der Waals surface area contributed by atoms with Crippen molar-refractivity contribution in [2.45, 2.75) is 48.0 Å². The number of carbonyl (C=O) groups is 1. The maximum atomic E-state index is 13.3. The van der Waals surface area contributed by atoms with Crippen molar-refractivity contribution >= 4 is 17.3 Å². The van der Waals surface area contributed by atoms with Gasteiger partial charge in [0.25, 0.3) is 5.91 Å². The minimum atomic E-state index is -0.154. The lowest BCUT2D eigenvalue weighted by molar-refractivity contribution is 0.102. The molecule has 0 saturated heterocycles. The van der Waals surface area contributed by atoms with E-state index in [1.165, 1.54) is 11.1 Å². The lowest BCUT2D eigenvalue weighted by atomic mass is 9.99. The van der Waals surface area contributed by atoms with Crippen molar-refractivity contribution in [3.8, 4) is 11.1 Å². The highest BCUT2D eigenvalue weighted by Crippen LogP contribution is 2.38. The number of nitrogens with one attached hydrogen (secondary N) is 1. The molecule has 0 bridgehead atoms. The van der Waals surface area contributed by atoms with E-state index in [0.29, 0.717) is 30.1 Å². The van der Waals surface area contributed by atoms with E-state index in [-0.39, 0.29) is 12.5 Å². The van der Waals surface area contributed by atoms with E-state index < -0.39 is 0 Å². The summed E-state index contributed by atoms with van der Waals surface area (Å²) in [4.78, 5) is 20.1. The van der Waals surface area contributed by atoms with Crippen molar-refractivity contribution in [1.29, 1.82) is 0 Å². The number of aryl methyl sites for hydroxylation is 4. The summed E-state index contributed by atoms with van der Waals surface area (Å²) in [5.74, 6) is 0.251. The molecule has 5 heteroatoms. The molecule has 0 aliphatic heterocycles. The van der Waals surface area contributed by atoms with Crippen LogP contribution in [0.5, 0.6) is 0 Å². The van der Waals surface area contributed by atoms with Crippen LogP contribution < -0.4 is 10.2 Å². The molecule has 0 fully saturated rings. The summed E-state index contributed by atoms with van der Waals surface area (Å²) in [6, 6.07) is 12.3. The third kappa shape index (κ3) is 6.45. The summed E-state index contributed by atoms with van der Waals surface area (Å²) in [5.41, 5.74) is 8.76. The van der Waals surface area contributed by atoms with Gasteiger partial charge in [0.1, 0.15) is 0 Å². The van der Waals surface area contributed by atoms with Crippen LogP contribution in [0.4, 0.5) is 11.4 Å². The van der Waals surface area contributed by atoms with Gasteiger partial charge in [-0.15, -0.1) is 0 Å². The Balaban J connectivity index is 2.15. The summed E-state index contributed by atoms with van der Waals surface area (Å²) >= 11 is 0. The largest absolute Gasteiger partial charge is 0.396 e. The highest BCUT2D eigenvalue weighted by atomic mass is 16.3. The number of aliphatic hydroxyl groups excluding tert-OH is 1. The van der Waals surface area contributed by atoms with Crippen LogP contribution in [0.2, 0.25) is 0 Å². The van der Waals surface area contributed by atoms with Crippen LogP contribution in [0.3, 0.4) is 0 Å². The number of hydrogen-bond acceptors (Lipinski definition) is 4. The second-order valence-corrected chi connectivity index (χ2v) is 9.71. The average molecular weight is 460 g/mol. The fourth-order valence-electron chi connectivity index (χ4n) is 4.52. The van der Waals surface area contributed by atoms with E-state index >= 15 is 0 Å². The van der Waals surface area contributed by atoms with Crippen LogP contribution in [-0.4, -0.2) is 35.7 Å². The van der Waals surface area contributed by atoms with Gasteiger partial charge in [-0.2, -0.15) is 0 Å². The Morgan fingerprint density at radius 3 is 2.09 bits per heavy atom. The molecule has 180 valence electrons. The van der Waals surface area contributed by atoms with Crippen molar-refractivity contribution < 1.29 is 9.90 Å². The Kier molecular flexibility index (Phi) is 8.46. The third-order valence-corrected chi connectivity index (χ3v) is 5.67. The summed E-state index contributed by atoms with van der Waals surface area (Å²) in [6.07, 6.45) is 4.25. The van der Waals surface area contributed by atoms with Crippen LogP contribution >= 0.6 is 0 Å². The van der Waals surface area contributed by atoms with E-state index in [1.54, 1.807) is 6.20 Å². The second-order valence-electron chi connectivity index (χ2n) is 9.71. The molecule has 2 aromatic carbocycles. The Morgan fingerprint density at radius 2 is 1.53 bits per heavy atom. The van der Waals surface area contributed by atoms with Crippen LogP contribution in [0, 0.1) is 33.6 Å². The predicted octanol–water partition coefficient (Wildman–Crippen LogP) is 6.08. The van der Waals surface area contributed by atoms with Crippen molar-refractivity contribution in [2.75, 3.05) is 29.9 Å². The molecule has 2 N–H and O–H groups in total. The maximum absolute atomic E-state index is 13.3. The summed E-state index contributed by atoms with van der Waals surface area (Å²) < 4.78 is 0. The number of aromatic nitrogens is 1. The summed E-state index contributed by atoms with van der Waals surface area (Å²) in [6.45, 7) is 14.1. The molecule has 0 atom stereocenters. The number of rotatable bonds is 9. The molecule has 5 nitrogen and oxygen atoms in total. The summed E-state index contributed by atoms with van der Waals surface area (Å²) in [7, 11) is 0. The Morgan fingerprint density at radius 1 is 0.941 bits per heavy atom. The van der Waals surface area contributed by atoms with Crippen LogP contribution in [0.15, 0.2) is 48.8 Å². The van der Waals surface area contributed by atoms with Crippen LogP contribution in [0.25, 0.3) is 11.1 Å². The van der Waals surface area contributed by atoms with Gasteiger partial charge in [-0.1, -0.05) is 60.4 Å². The molecule has 0 radical (unpaired) electrons. The highest BCUT2D eigenvalue weighted by molar-refractivity contribution is 6.07. The number of carbonyl (C=O) groups excluding carboxylic acids is 1. The smallest absolute Gasteiger partial charge is 0.255 e. The fraction of sp³-hybridized carbons (Fsp3) is 0.379. The summed E-state index contributed by atoms with van der Waals surface area (Å²) in [5, 5.41) is 12.7. The van der Waals surface area contributed by atoms with Gasteiger partial charge in [0.05, 0.1) is 17.6 Å². The molecule has 0 unspecified atom stereocenters. The number of nitrogens with zero attached hydrogens (tertiary/aromatic N) is 2. The van der Waals surface area contributed by atoms with Crippen LogP contribution in [0.1, 0.15) is 52.9 Å². The average Bonchev–Trinajstić information content (AvgIpc) is 2.75. The van der Waals surface area contributed by atoms with Gasteiger partial charge in [0.2, 0.25) is 0 Å². The van der Waals surface area contributed by atoms with Gasteiger partial charge in [-0.05, 0) is 57.7 Å². The molecule has 34 heavy (non-hydrogen) atoms. The van der Waals surface area contributed by atoms with Gasteiger partial charge in [0, 0.05) is 37.0 Å². The van der Waals surface area contributed by atoms with Crippen LogP contribution in [-0.2, 0) is 0 Å². The lowest BCUT2D eigenvalue weighted by Crippen LogP contribution is -2.31. The molecule has 0 spiro atoms. The standard InChI is InChI=1S/C29H37N3O2/c1-19(2)18-32(8-7-9-33)28-26(24-12-20(3)10-21(4)13-24)16-30-17-27(28)31-29(34)25-14-22(5)11-23(6)15-25/h10-17,19,33H,7-9,18H2,1-6H3,(H,31,34). The molecule has 0 aliphatic carbocycles. The zero-order valence-electron chi connectivity index (χ0n) is 21.3. The Hall–Kier alpha value is -3.18. The fourth-order valence-corrected chi connectivity index (χ4v) is 4.52. The molecular formula is C29H37N3O2. The number of pyridine rings is 1. The normalized spacial score (nSPS) is 11.1. The molecule has 3 rings (SSSR count). The van der Waals surface area contributed by atoms with E-state index in [0.717, 1.165) is 34.5 Å². The predicted molar refractivity (Wildman–Crippen MR) is 142 cm³/mol. The van der Waals surface area contributed by atoms with Crippen molar-refractivity contribution in [3.05, 3.63) is 76.6 Å². The number of benzene rings is 2. The SMILES string of the molecule is Cc1cc(C)cc(C(=O)Nc2cncc(-c3cc(C)cc(C)c3)c2N(CCCO)CC(C)C)c1. The number of hydrogen-bond donors (Lipinski definition) is 2. The molecule has 1 amide bonds. The molecule has 3 aromatic rings. The van der Waals surface area contributed by atoms with Crippen molar-refractivity contribution in [1.82, 2.24) is 4.98 Å². The minimum absolute atomic E-state index is 0.114. The monoisotopic (exact) mass is 459 g/mol. The molecule has 0 aliphatic rings. The molecule has 0 saturated carbocycles. The van der Waals surface area contributed by atoms with Gasteiger partial charge in [-0.25, -0.2) is 0 Å². The first kappa shape index (κ1) is 25.4. The lowest BCUT2D eigenvalue weighted by Gasteiger charge is -2.31. The second kappa shape index (κ2) is 11.3. The van der Waals surface area contributed by atoms with Gasteiger partial charge in [0.15, 0.2) is 0 Å². The van der Waals surface area contributed by atoms with Crippen molar-refractivity contribution in [2.24, 2.45) is 5.92 Å². The number of aliphatic hydroxyl groups is 1. The van der Waals surface area contributed by atoms with E-state index in [9.17, 15) is 9.90 Å². The third-order valence-electron chi connectivity index (χ3n) is 5.67. The first-order chi connectivity index (χ1) is 16.2. The minimum Gasteiger partial charge on any atom is -0.396 e. The molecule has 1 heterocycles. The number of anilines is 2. The first-order valence-electron chi connectivity index (χ1n) is 12.0. The Bertz CT molecular complexity index is 1110. The topological polar surface area (TPSA) is 65.5 Å². The molecular weight excluding hydrogens is 422 g/mol. The maximum Gasteiger partial charge on any atom is 0.255 e. The van der Waals surface area contributed by atoms with Gasteiger partial charge < -0.3 is 15.3 Å². The zero-order chi connectivity index (χ0) is 24.8. The van der Waals surface area contributed by atoms with Gasteiger partial charge >= 0.3 is 0 Å². The molecule has 1 aromatic heterocycles. The van der Waals surface area contributed by atoms with E-state index in [2.05, 4.69) is 67.2 Å². The zero-order valence-corrected chi connectivity index (χ0v) is 21.3. The number of amides is 1. The quantitative estimate of drug-likeness (QED) is 0.407. The first-order valence-corrected chi connectivity index (χ1v) is 12.0. The Labute approximate surface area is 203 Å².